The average Bonchev–Trinajstić information content (AvgIpc) is 3.16. The van der Waals surface area contributed by atoms with E-state index in [4.69, 9.17) is 4.74 Å². The summed E-state index contributed by atoms with van der Waals surface area (Å²) in [6.45, 7) is 6.99. The van der Waals surface area contributed by atoms with Crippen molar-refractivity contribution in [1.29, 1.82) is 0 Å². The summed E-state index contributed by atoms with van der Waals surface area (Å²) in [6.07, 6.45) is 8.36. The van der Waals surface area contributed by atoms with E-state index >= 15 is 0 Å². The van der Waals surface area contributed by atoms with Gasteiger partial charge in [-0.25, -0.2) is 4.79 Å². The van der Waals surface area contributed by atoms with Gasteiger partial charge in [-0.1, -0.05) is 12.2 Å². The van der Waals surface area contributed by atoms with E-state index in [-0.39, 0.29) is 6.09 Å². The van der Waals surface area contributed by atoms with Gasteiger partial charge in [0.05, 0.1) is 0 Å². The van der Waals surface area contributed by atoms with Crippen LogP contribution in [-0.4, -0.2) is 54.8 Å². The van der Waals surface area contributed by atoms with E-state index in [0.717, 1.165) is 31.6 Å². The molecule has 2 N–H and O–H groups in total. The van der Waals surface area contributed by atoms with Crippen molar-refractivity contribution in [3.05, 3.63) is 12.2 Å². The molecular weight excluding hydrogens is 292 g/mol. The molecule has 0 atom stereocenters. The van der Waals surface area contributed by atoms with Gasteiger partial charge in [0.1, 0.15) is 5.60 Å². The summed E-state index contributed by atoms with van der Waals surface area (Å²) in [5, 5.41) is 6.68. The highest BCUT2D eigenvalue weighted by atomic mass is 16.6. The molecule has 0 unspecified atom stereocenters. The molecule has 2 aliphatic rings. The number of hydrogen-bond donors (Lipinski definition) is 2. The van der Waals surface area contributed by atoms with Gasteiger partial charge in [0.15, 0.2) is 5.96 Å². The second-order valence-corrected chi connectivity index (χ2v) is 7.19. The molecule has 0 radical (unpaired) electrons. The standard InChI is InChI=1S/C17H30N4O2/c1-17(2,3)23-16(22)21(14-9-10-14)12-11-19-15(18-4)20-13-7-5-6-8-13/h5-6,13-14H,7-12H2,1-4H3,(H2,18,19,20). The fourth-order valence-electron chi connectivity index (χ4n) is 2.55. The van der Waals surface area contributed by atoms with Gasteiger partial charge in [-0.05, 0) is 46.5 Å². The Morgan fingerprint density at radius 1 is 1.30 bits per heavy atom. The number of nitrogens with one attached hydrogen (secondary N) is 2. The lowest BCUT2D eigenvalue weighted by Gasteiger charge is -2.28. The molecular formula is C17H30N4O2. The number of aliphatic imine (C=N–C) groups is 1. The van der Waals surface area contributed by atoms with Crippen LogP contribution in [0.3, 0.4) is 0 Å². The minimum atomic E-state index is -0.454. The van der Waals surface area contributed by atoms with Gasteiger partial charge in [-0.15, -0.1) is 0 Å². The molecule has 0 aromatic heterocycles. The summed E-state index contributed by atoms with van der Waals surface area (Å²) in [7, 11) is 1.77. The Hall–Kier alpha value is -1.72. The lowest BCUT2D eigenvalue weighted by molar-refractivity contribution is 0.0238. The van der Waals surface area contributed by atoms with Crippen molar-refractivity contribution >= 4 is 12.1 Å². The van der Waals surface area contributed by atoms with E-state index in [0.29, 0.717) is 25.2 Å². The van der Waals surface area contributed by atoms with Crippen LogP contribution in [0.25, 0.3) is 0 Å². The summed E-state index contributed by atoms with van der Waals surface area (Å²) in [5.41, 5.74) is -0.454. The largest absolute Gasteiger partial charge is 0.444 e. The number of nitrogens with zero attached hydrogens (tertiary/aromatic N) is 2. The normalized spacial score (nSPS) is 18.9. The molecule has 0 aromatic carbocycles. The van der Waals surface area contributed by atoms with Crippen molar-refractivity contribution in [3.8, 4) is 0 Å². The number of rotatable bonds is 5. The minimum absolute atomic E-state index is 0.218. The van der Waals surface area contributed by atoms with Crippen molar-refractivity contribution < 1.29 is 9.53 Å². The van der Waals surface area contributed by atoms with E-state index in [9.17, 15) is 4.79 Å². The quantitative estimate of drug-likeness (QED) is 0.463. The third kappa shape index (κ3) is 6.12. The summed E-state index contributed by atoms with van der Waals surface area (Å²) in [5.74, 6) is 0.790. The first-order valence-corrected chi connectivity index (χ1v) is 8.51. The van der Waals surface area contributed by atoms with E-state index in [1.807, 2.05) is 25.7 Å². The van der Waals surface area contributed by atoms with Crippen LogP contribution in [0.4, 0.5) is 4.79 Å². The van der Waals surface area contributed by atoms with Crippen molar-refractivity contribution in [3.63, 3.8) is 0 Å². The second kappa shape index (κ2) is 7.70. The number of carbonyl (C=O) groups excluding carboxylic acids is 1. The maximum Gasteiger partial charge on any atom is 0.410 e. The fourth-order valence-corrected chi connectivity index (χ4v) is 2.55. The van der Waals surface area contributed by atoms with E-state index in [2.05, 4.69) is 27.8 Å². The second-order valence-electron chi connectivity index (χ2n) is 7.19. The highest BCUT2D eigenvalue weighted by Crippen LogP contribution is 2.28. The Morgan fingerprint density at radius 3 is 2.48 bits per heavy atom. The Labute approximate surface area is 139 Å². The molecule has 0 spiro atoms. The summed E-state index contributed by atoms with van der Waals surface area (Å²) >= 11 is 0. The predicted octanol–water partition coefficient (Wildman–Crippen LogP) is 2.27. The van der Waals surface area contributed by atoms with Gasteiger partial charge in [-0.2, -0.15) is 0 Å². The minimum Gasteiger partial charge on any atom is -0.444 e. The molecule has 0 saturated heterocycles. The zero-order chi connectivity index (χ0) is 16.9. The van der Waals surface area contributed by atoms with Crippen molar-refractivity contribution in [1.82, 2.24) is 15.5 Å². The molecule has 0 heterocycles. The van der Waals surface area contributed by atoms with Gasteiger partial charge in [0.25, 0.3) is 0 Å². The monoisotopic (exact) mass is 322 g/mol. The summed E-state index contributed by atoms with van der Waals surface area (Å²) in [4.78, 5) is 18.4. The topological polar surface area (TPSA) is 66.0 Å². The molecule has 0 aromatic rings. The molecule has 130 valence electrons. The first kappa shape index (κ1) is 17.6. The van der Waals surface area contributed by atoms with Crippen molar-refractivity contribution in [2.45, 2.75) is 64.1 Å². The lowest BCUT2D eigenvalue weighted by Crippen LogP contribution is -2.47. The van der Waals surface area contributed by atoms with Gasteiger partial charge >= 0.3 is 6.09 Å². The maximum absolute atomic E-state index is 12.3. The fraction of sp³-hybridized carbons (Fsp3) is 0.765. The van der Waals surface area contributed by atoms with Crippen molar-refractivity contribution in [2.75, 3.05) is 20.1 Å². The Morgan fingerprint density at radius 2 is 1.96 bits per heavy atom. The maximum atomic E-state index is 12.3. The highest BCUT2D eigenvalue weighted by Gasteiger charge is 2.34. The zero-order valence-corrected chi connectivity index (χ0v) is 14.8. The molecule has 0 bridgehead atoms. The lowest BCUT2D eigenvalue weighted by atomic mass is 10.2. The smallest absolute Gasteiger partial charge is 0.410 e. The summed E-state index contributed by atoms with van der Waals surface area (Å²) < 4.78 is 5.50. The summed E-state index contributed by atoms with van der Waals surface area (Å²) in [6, 6.07) is 0.757. The highest BCUT2D eigenvalue weighted by molar-refractivity contribution is 5.80. The van der Waals surface area contributed by atoms with Crippen LogP contribution in [0, 0.1) is 0 Å². The van der Waals surface area contributed by atoms with Crippen LogP contribution in [0.2, 0.25) is 0 Å². The SMILES string of the molecule is CN=C(NCCN(C(=O)OC(C)(C)C)C1CC1)NC1CC=CC1. The zero-order valence-electron chi connectivity index (χ0n) is 14.8. The van der Waals surface area contributed by atoms with E-state index < -0.39 is 5.60 Å². The number of hydrogen-bond acceptors (Lipinski definition) is 3. The number of ether oxygens (including phenoxy) is 1. The third-order valence-corrected chi connectivity index (χ3v) is 3.83. The van der Waals surface area contributed by atoms with Gasteiger partial charge in [0, 0.05) is 32.2 Å². The molecule has 0 aliphatic heterocycles. The molecule has 2 aliphatic carbocycles. The van der Waals surface area contributed by atoms with Crippen molar-refractivity contribution in [2.24, 2.45) is 4.99 Å². The first-order chi connectivity index (χ1) is 10.9. The van der Waals surface area contributed by atoms with Crippen LogP contribution >= 0.6 is 0 Å². The molecule has 2 rings (SSSR count). The van der Waals surface area contributed by atoms with Crippen LogP contribution in [0.5, 0.6) is 0 Å². The van der Waals surface area contributed by atoms with Crippen LogP contribution in [-0.2, 0) is 4.74 Å². The molecule has 6 nitrogen and oxygen atoms in total. The number of amides is 1. The van der Waals surface area contributed by atoms with Gasteiger partial charge in [-0.3, -0.25) is 4.99 Å². The van der Waals surface area contributed by atoms with Crippen LogP contribution in [0.15, 0.2) is 17.1 Å². The first-order valence-electron chi connectivity index (χ1n) is 8.51. The van der Waals surface area contributed by atoms with Crippen LogP contribution < -0.4 is 10.6 Å². The van der Waals surface area contributed by atoms with E-state index in [1.165, 1.54) is 0 Å². The molecule has 1 saturated carbocycles. The molecule has 1 amide bonds. The predicted molar refractivity (Wildman–Crippen MR) is 92.6 cm³/mol. The Kier molecular flexibility index (Phi) is 5.91. The number of carbonyl (C=O) groups is 1. The molecule has 1 fully saturated rings. The van der Waals surface area contributed by atoms with Gasteiger partial charge in [0.2, 0.25) is 0 Å². The average molecular weight is 322 g/mol. The van der Waals surface area contributed by atoms with E-state index in [1.54, 1.807) is 7.05 Å². The molecule has 23 heavy (non-hydrogen) atoms. The van der Waals surface area contributed by atoms with Crippen LogP contribution in [0.1, 0.15) is 46.5 Å². The Bertz CT molecular complexity index is 456. The third-order valence-electron chi connectivity index (χ3n) is 3.83. The molecule has 6 heteroatoms. The van der Waals surface area contributed by atoms with Gasteiger partial charge < -0.3 is 20.3 Å². The number of guanidine groups is 1. The Balaban J connectivity index is 1.76.